The average Bonchev–Trinajstić information content (AvgIpc) is 2.31. The molecule has 0 aliphatic rings. The summed E-state index contributed by atoms with van der Waals surface area (Å²) in [4.78, 5) is 0. The molecule has 18 heavy (non-hydrogen) atoms. The van der Waals surface area contributed by atoms with Crippen LogP contribution in [0.1, 0.15) is 53.5 Å². The van der Waals surface area contributed by atoms with E-state index in [1.807, 2.05) is 19.9 Å². The molecule has 1 aromatic rings. The smallest absolute Gasteiger partial charge is 0.119 e. The fourth-order valence-electron chi connectivity index (χ4n) is 1.65. The molecule has 0 atom stereocenters. The Bertz CT molecular complexity index is 302. The zero-order valence-corrected chi connectivity index (χ0v) is 13.0. The number of rotatable bonds is 6. The molecule has 0 unspecified atom stereocenters. The normalized spacial score (nSPS) is 10.2. The Morgan fingerprint density at radius 2 is 1.67 bits per heavy atom. The summed E-state index contributed by atoms with van der Waals surface area (Å²) in [7, 11) is 0. The van der Waals surface area contributed by atoms with E-state index in [4.69, 9.17) is 4.74 Å². The summed E-state index contributed by atoms with van der Waals surface area (Å²) in [5.74, 6) is 2.42. The van der Waals surface area contributed by atoms with Gasteiger partial charge in [0.1, 0.15) is 5.75 Å². The van der Waals surface area contributed by atoms with Crippen LogP contribution in [-0.4, -0.2) is 6.61 Å². The van der Waals surface area contributed by atoms with Gasteiger partial charge in [0.15, 0.2) is 0 Å². The first-order valence-electron chi connectivity index (χ1n) is 7.29. The molecule has 0 aliphatic heterocycles. The zero-order valence-electron chi connectivity index (χ0n) is 13.0. The van der Waals surface area contributed by atoms with E-state index in [1.54, 1.807) is 0 Å². The molecule has 0 aromatic heterocycles. The third-order valence-electron chi connectivity index (χ3n) is 2.51. The van der Waals surface area contributed by atoms with E-state index in [0.29, 0.717) is 11.8 Å². The van der Waals surface area contributed by atoms with Gasteiger partial charge < -0.3 is 4.74 Å². The summed E-state index contributed by atoms with van der Waals surface area (Å²) >= 11 is 0. The zero-order chi connectivity index (χ0) is 14.0. The molecular formula is C17H30O. The number of benzene rings is 1. The van der Waals surface area contributed by atoms with E-state index in [9.17, 15) is 0 Å². The summed E-state index contributed by atoms with van der Waals surface area (Å²) in [5.41, 5.74) is 1.37. The van der Waals surface area contributed by atoms with Gasteiger partial charge in [-0.05, 0) is 42.4 Å². The molecule has 0 N–H and O–H groups in total. The van der Waals surface area contributed by atoms with E-state index in [1.165, 1.54) is 5.56 Å². The van der Waals surface area contributed by atoms with Crippen LogP contribution in [0.2, 0.25) is 0 Å². The van der Waals surface area contributed by atoms with E-state index >= 15 is 0 Å². The molecule has 0 amide bonds. The van der Waals surface area contributed by atoms with Crippen LogP contribution in [0.15, 0.2) is 24.3 Å². The van der Waals surface area contributed by atoms with Crippen LogP contribution in [0.25, 0.3) is 0 Å². The molecule has 0 radical (unpaired) electrons. The first-order valence-corrected chi connectivity index (χ1v) is 7.29. The van der Waals surface area contributed by atoms with Crippen LogP contribution in [0.4, 0.5) is 0 Å². The largest absolute Gasteiger partial charge is 0.494 e. The maximum absolute atomic E-state index is 5.74. The molecular weight excluding hydrogens is 220 g/mol. The van der Waals surface area contributed by atoms with Crippen molar-refractivity contribution >= 4 is 0 Å². The summed E-state index contributed by atoms with van der Waals surface area (Å²) in [5, 5.41) is 0. The van der Waals surface area contributed by atoms with Gasteiger partial charge in [-0.15, -0.1) is 0 Å². The van der Waals surface area contributed by atoms with Crippen molar-refractivity contribution in [2.24, 2.45) is 11.8 Å². The molecule has 104 valence electrons. The van der Waals surface area contributed by atoms with Crippen LogP contribution in [0.5, 0.6) is 5.75 Å². The number of hydrogen-bond donors (Lipinski definition) is 0. The molecule has 0 heterocycles. The highest BCUT2D eigenvalue weighted by Crippen LogP contribution is 2.16. The van der Waals surface area contributed by atoms with Gasteiger partial charge in [-0.1, -0.05) is 53.7 Å². The molecule has 1 heteroatoms. The Morgan fingerprint density at radius 3 is 2.22 bits per heavy atom. The van der Waals surface area contributed by atoms with Crippen LogP contribution in [0, 0.1) is 11.8 Å². The minimum Gasteiger partial charge on any atom is -0.494 e. The minimum absolute atomic E-state index is 0.700. The van der Waals surface area contributed by atoms with Gasteiger partial charge >= 0.3 is 0 Å². The molecule has 0 spiro atoms. The van der Waals surface area contributed by atoms with Gasteiger partial charge in [0, 0.05) is 0 Å². The van der Waals surface area contributed by atoms with E-state index < -0.39 is 0 Å². The summed E-state index contributed by atoms with van der Waals surface area (Å²) < 4.78 is 5.74. The molecule has 1 rings (SSSR count). The summed E-state index contributed by atoms with van der Waals surface area (Å²) in [6.07, 6.45) is 2.25. The van der Waals surface area contributed by atoms with Crippen molar-refractivity contribution in [2.75, 3.05) is 6.61 Å². The van der Waals surface area contributed by atoms with Crippen molar-refractivity contribution in [3.8, 4) is 5.75 Å². The van der Waals surface area contributed by atoms with Gasteiger partial charge in [0.2, 0.25) is 0 Å². The third kappa shape index (κ3) is 8.16. The van der Waals surface area contributed by atoms with E-state index in [0.717, 1.165) is 25.2 Å². The van der Waals surface area contributed by atoms with Crippen molar-refractivity contribution in [3.63, 3.8) is 0 Å². The van der Waals surface area contributed by atoms with Gasteiger partial charge in [0.05, 0.1) is 6.61 Å². The molecule has 0 aliphatic carbocycles. The second kappa shape index (κ2) is 9.99. The molecule has 0 bridgehead atoms. The number of hydrogen-bond acceptors (Lipinski definition) is 1. The maximum Gasteiger partial charge on any atom is 0.119 e. The third-order valence-corrected chi connectivity index (χ3v) is 2.51. The predicted molar refractivity (Wildman–Crippen MR) is 81.3 cm³/mol. The first-order chi connectivity index (χ1) is 8.58. The Kier molecular flexibility index (Phi) is 9.45. The molecule has 1 aromatic carbocycles. The van der Waals surface area contributed by atoms with E-state index in [-0.39, 0.29) is 0 Å². The Balaban J connectivity index is 0.00000137. The fourth-order valence-corrected chi connectivity index (χ4v) is 1.65. The van der Waals surface area contributed by atoms with Crippen molar-refractivity contribution < 1.29 is 4.74 Å². The van der Waals surface area contributed by atoms with Crippen LogP contribution in [0.3, 0.4) is 0 Å². The second-order valence-corrected chi connectivity index (χ2v) is 5.28. The monoisotopic (exact) mass is 250 g/mol. The SMILES string of the molecule is CC.CC(C)CCOc1cccc(CC(C)C)c1. The Hall–Kier alpha value is -0.980. The van der Waals surface area contributed by atoms with Crippen LogP contribution >= 0.6 is 0 Å². The van der Waals surface area contributed by atoms with Crippen molar-refractivity contribution in [3.05, 3.63) is 29.8 Å². The second-order valence-electron chi connectivity index (χ2n) is 5.28. The highest BCUT2D eigenvalue weighted by molar-refractivity contribution is 5.28. The van der Waals surface area contributed by atoms with Crippen LogP contribution in [-0.2, 0) is 6.42 Å². The van der Waals surface area contributed by atoms with Gasteiger partial charge in [-0.3, -0.25) is 0 Å². The maximum atomic E-state index is 5.74. The quantitative estimate of drug-likeness (QED) is 0.662. The minimum atomic E-state index is 0.700. The van der Waals surface area contributed by atoms with Gasteiger partial charge in [-0.2, -0.15) is 0 Å². The molecule has 0 saturated carbocycles. The topological polar surface area (TPSA) is 9.23 Å². The highest BCUT2D eigenvalue weighted by Gasteiger charge is 2.00. The predicted octanol–water partition coefficient (Wildman–Crippen LogP) is 5.34. The molecule has 0 saturated heterocycles. The van der Waals surface area contributed by atoms with Crippen LogP contribution < -0.4 is 4.74 Å². The Morgan fingerprint density at radius 1 is 1.00 bits per heavy atom. The lowest BCUT2D eigenvalue weighted by atomic mass is 10.0. The molecule has 0 fully saturated rings. The van der Waals surface area contributed by atoms with Gasteiger partial charge in [-0.25, -0.2) is 0 Å². The van der Waals surface area contributed by atoms with Crippen molar-refractivity contribution in [1.82, 2.24) is 0 Å². The number of ether oxygens (including phenoxy) is 1. The lowest BCUT2D eigenvalue weighted by Gasteiger charge is -2.10. The lowest BCUT2D eigenvalue weighted by Crippen LogP contribution is -2.02. The fraction of sp³-hybridized carbons (Fsp3) is 0.647. The summed E-state index contributed by atoms with van der Waals surface area (Å²) in [6, 6.07) is 8.47. The Labute approximate surface area is 114 Å². The summed E-state index contributed by atoms with van der Waals surface area (Å²) in [6.45, 7) is 13.7. The first kappa shape index (κ1) is 17.0. The van der Waals surface area contributed by atoms with Crippen molar-refractivity contribution in [1.29, 1.82) is 0 Å². The lowest BCUT2D eigenvalue weighted by molar-refractivity contribution is 0.289. The van der Waals surface area contributed by atoms with Gasteiger partial charge in [0.25, 0.3) is 0 Å². The molecule has 1 nitrogen and oxygen atoms in total. The average molecular weight is 250 g/mol. The van der Waals surface area contributed by atoms with Crippen molar-refractivity contribution in [2.45, 2.75) is 54.4 Å². The standard InChI is InChI=1S/C15H24O.C2H6/c1-12(2)8-9-16-15-7-5-6-14(11-15)10-13(3)4;1-2/h5-7,11-13H,8-10H2,1-4H3;1-2H3. The highest BCUT2D eigenvalue weighted by atomic mass is 16.5. The van der Waals surface area contributed by atoms with E-state index in [2.05, 4.69) is 45.9 Å².